The van der Waals surface area contributed by atoms with Gasteiger partial charge in [-0.1, -0.05) is 81.2 Å². The maximum Gasteiger partial charge on any atom is 0.191 e. The summed E-state index contributed by atoms with van der Waals surface area (Å²) < 4.78 is 2.15. The van der Waals surface area contributed by atoms with E-state index in [9.17, 15) is 0 Å². The van der Waals surface area contributed by atoms with Crippen LogP contribution >= 0.6 is 34.7 Å². The molecule has 0 spiro atoms. The summed E-state index contributed by atoms with van der Waals surface area (Å²) in [6, 6.07) is 6.57. The molecular weight excluding hydrogens is 418 g/mol. The Labute approximate surface area is 189 Å². The van der Waals surface area contributed by atoms with E-state index < -0.39 is 0 Å². The van der Waals surface area contributed by atoms with Crippen LogP contribution in [0, 0.1) is 20.8 Å². The lowest BCUT2D eigenvalue weighted by atomic mass is 10.1. The lowest BCUT2D eigenvalue weighted by Crippen LogP contribution is -1.99. The number of halogens is 1. The fourth-order valence-corrected chi connectivity index (χ4v) is 4.86. The molecule has 0 aliphatic carbocycles. The third kappa shape index (κ3) is 6.87. The van der Waals surface area contributed by atoms with Crippen molar-refractivity contribution in [2.45, 2.75) is 79.3 Å². The highest BCUT2D eigenvalue weighted by Crippen LogP contribution is 2.37. The molecule has 3 nitrogen and oxygen atoms in total. The molecular formula is C23H34ClN3S2. The minimum atomic E-state index is 0.785. The zero-order valence-electron chi connectivity index (χ0n) is 19.0. The molecule has 0 aliphatic rings. The van der Waals surface area contributed by atoms with Gasteiger partial charge in [0.25, 0.3) is 0 Å². The standard InChI is InChI=1S/C18H20ClN3S2.C3H8.C2H6/c1-5-22-17(16-15(19)13(4)9-23-16)20-21-18(22)24-10-14-8-11(2)6-7-12(14)3;1-3-2;1-2/h6-9H,5,10H2,1-4H3;3H2,1-2H3;1-2H3. The number of aromatic nitrogens is 3. The fourth-order valence-electron chi connectivity index (χ4n) is 2.53. The molecule has 29 heavy (non-hydrogen) atoms. The SMILES string of the molecule is CC.CCC.CCn1c(SCc2cc(C)ccc2C)nnc1-c1scc(C)c1Cl. The molecule has 6 heteroatoms. The molecule has 3 rings (SSSR count). The van der Waals surface area contributed by atoms with E-state index in [1.807, 2.05) is 20.8 Å². The Morgan fingerprint density at radius 2 is 1.69 bits per heavy atom. The molecule has 0 aliphatic heterocycles. The Balaban J connectivity index is 0.000000771. The van der Waals surface area contributed by atoms with Crippen molar-refractivity contribution in [1.82, 2.24) is 14.8 Å². The molecule has 0 radical (unpaired) electrons. The van der Waals surface area contributed by atoms with E-state index >= 15 is 0 Å². The summed E-state index contributed by atoms with van der Waals surface area (Å²) >= 11 is 9.77. The van der Waals surface area contributed by atoms with Crippen LogP contribution in [0.25, 0.3) is 10.7 Å². The van der Waals surface area contributed by atoms with Gasteiger partial charge < -0.3 is 4.57 Å². The Morgan fingerprint density at radius 1 is 1.03 bits per heavy atom. The Bertz CT molecular complexity index is 884. The molecule has 0 fully saturated rings. The fraction of sp³-hybridized carbons (Fsp3) is 0.478. The van der Waals surface area contributed by atoms with Crippen LogP contribution in [0.1, 0.15) is 63.3 Å². The molecule has 3 aromatic rings. The third-order valence-electron chi connectivity index (χ3n) is 4.00. The van der Waals surface area contributed by atoms with Crippen LogP contribution < -0.4 is 0 Å². The van der Waals surface area contributed by atoms with Crippen molar-refractivity contribution in [2.24, 2.45) is 0 Å². The number of thiophene rings is 1. The quantitative estimate of drug-likeness (QED) is 0.365. The van der Waals surface area contributed by atoms with Crippen molar-refractivity contribution in [3.05, 3.63) is 50.9 Å². The predicted octanol–water partition coefficient (Wildman–Crippen LogP) is 8.34. The summed E-state index contributed by atoms with van der Waals surface area (Å²) in [6.07, 6.45) is 1.25. The highest BCUT2D eigenvalue weighted by atomic mass is 35.5. The van der Waals surface area contributed by atoms with Gasteiger partial charge in [-0.25, -0.2) is 0 Å². The third-order valence-corrected chi connectivity index (χ3v) is 6.71. The average molecular weight is 452 g/mol. The van der Waals surface area contributed by atoms with Crippen LogP contribution in [-0.2, 0) is 12.3 Å². The summed E-state index contributed by atoms with van der Waals surface area (Å²) in [7, 11) is 0. The number of hydrogen-bond acceptors (Lipinski definition) is 4. The normalized spacial score (nSPS) is 10.1. The van der Waals surface area contributed by atoms with Crippen LogP contribution in [0.5, 0.6) is 0 Å². The Kier molecular flexibility index (Phi) is 11.6. The molecule has 1 aromatic carbocycles. The second kappa shape index (κ2) is 13.1. The lowest BCUT2D eigenvalue weighted by molar-refractivity contribution is 0.688. The van der Waals surface area contributed by atoms with Gasteiger partial charge in [-0.3, -0.25) is 0 Å². The van der Waals surface area contributed by atoms with Gasteiger partial charge in [-0.05, 0) is 49.8 Å². The molecule has 0 N–H and O–H groups in total. The van der Waals surface area contributed by atoms with Gasteiger partial charge >= 0.3 is 0 Å². The lowest BCUT2D eigenvalue weighted by Gasteiger charge is -2.09. The van der Waals surface area contributed by atoms with Gasteiger partial charge in [0.1, 0.15) is 0 Å². The van der Waals surface area contributed by atoms with Gasteiger partial charge in [-0.2, -0.15) is 0 Å². The van der Waals surface area contributed by atoms with Gasteiger partial charge in [-0.15, -0.1) is 21.5 Å². The van der Waals surface area contributed by atoms with Crippen molar-refractivity contribution in [3.63, 3.8) is 0 Å². The molecule has 2 heterocycles. The zero-order chi connectivity index (χ0) is 22.0. The van der Waals surface area contributed by atoms with Crippen molar-refractivity contribution >= 4 is 34.7 Å². The first-order chi connectivity index (χ1) is 13.9. The van der Waals surface area contributed by atoms with Crippen LogP contribution in [0.15, 0.2) is 28.7 Å². The van der Waals surface area contributed by atoms with Crippen molar-refractivity contribution in [1.29, 1.82) is 0 Å². The van der Waals surface area contributed by atoms with Crippen molar-refractivity contribution < 1.29 is 0 Å². The predicted molar refractivity (Wildman–Crippen MR) is 132 cm³/mol. The maximum atomic E-state index is 6.42. The molecule has 2 aromatic heterocycles. The molecule has 0 saturated carbocycles. The monoisotopic (exact) mass is 451 g/mol. The van der Waals surface area contributed by atoms with E-state index in [2.05, 4.69) is 73.0 Å². The molecule has 0 bridgehead atoms. The molecule has 0 saturated heterocycles. The summed E-state index contributed by atoms with van der Waals surface area (Å²) in [6.45, 7) is 17.5. The summed E-state index contributed by atoms with van der Waals surface area (Å²) in [5.74, 6) is 1.76. The highest BCUT2D eigenvalue weighted by Gasteiger charge is 2.18. The largest absolute Gasteiger partial charge is 0.302 e. The second-order valence-electron chi connectivity index (χ2n) is 6.54. The van der Waals surface area contributed by atoms with E-state index in [0.717, 1.165) is 38.7 Å². The van der Waals surface area contributed by atoms with Gasteiger partial charge in [0, 0.05) is 12.3 Å². The number of aryl methyl sites for hydroxylation is 3. The maximum absolute atomic E-state index is 6.42. The molecule has 160 valence electrons. The van der Waals surface area contributed by atoms with E-state index in [0.29, 0.717) is 0 Å². The van der Waals surface area contributed by atoms with Gasteiger partial charge in [0.2, 0.25) is 0 Å². The van der Waals surface area contributed by atoms with E-state index in [-0.39, 0.29) is 0 Å². The summed E-state index contributed by atoms with van der Waals surface area (Å²) in [5.41, 5.74) is 5.03. The average Bonchev–Trinajstić information content (AvgIpc) is 3.27. The molecule has 0 atom stereocenters. The van der Waals surface area contributed by atoms with Crippen molar-refractivity contribution in [2.75, 3.05) is 0 Å². The Morgan fingerprint density at radius 3 is 2.24 bits per heavy atom. The van der Waals surface area contributed by atoms with Crippen LogP contribution in [-0.4, -0.2) is 14.8 Å². The van der Waals surface area contributed by atoms with Crippen LogP contribution in [0.2, 0.25) is 5.02 Å². The van der Waals surface area contributed by atoms with Gasteiger partial charge in [0.05, 0.1) is 9.90 Å². The second-order valence-corrected chi connectivity index (χ2v) is 8.74. The number of benzene rings is 1. The molecule has 0 unspecified atom stereocenters. The first-order valence-electron chi connectivity index (χ1n) is 10.3. The first-order valence-corrected chi connectivity index (χ1v) is 12.5. The highest BCUT2D eigenvalue weighted by molar-refractivity contribution is 7.98. The van der Waals surface area contributed by atoms with E-state index in [4.69, 9.17) is 11.6 Å². The topological polar surface area (TPSA) is 30.7 Å². The van der Waals surface area contributed by atoms with Gasteiger partial charge in [0.15, 0.2) is 11.0 Å². The van der Waals surface area contributed by atoms with Crippen LogP contribution in [0.3, 0.4) is 0 Å². The van der Waals surface area contributed by atoms with Crippen LogP contribution in [0.4, 0.5) is 0 Å². The summed E-state index contributed by atoms with van der Waals surface area (Å²) in [5, 5.41) is 12.6. The van der Waals surface area contributed by atoms with Crippen molar-refractivity contribution in [3.8, 4) is 10.7 Å². The first kappa shape index (κ1) is 25.7. The number of nitrogens with zero attached hydrogens (tertiary/aromatic N) is 3. The smallest absolute Gasteiger partial charge is 0.191 e. The van der Waals surface area contributed by atoms with E-state index in [1.165, 1.54) is 23.1 Å². The molecule has 0 amide bonds. The summed E-state index contributed by atoms with van der Waals surface area (Å²) in [4.78, 5) is 1.00. The van der Waals surface area contributed by atoms with E-state index in [1.54, 1.807) is 23.1 Å². The Hall–Kier alpha value is -1.30. The number of hydrogen-bond donors (Lipinski definition) is 0. The number of rotatable bonds is 5. The minimum Gasteiger partial charge on any atom is -0.302 e. The number of thioether (sulfide) groups is 1. The zero-order valence-corrected chi connectivity index (χ0v) is 21.4. The minimum absolute atomic E-state index is 0.785.